The van der Waals surface area contributed by atoms with E-state index in [2.05, 4.69) is 122 Å². The molecule has 5 aromatic carbocycles. The van der Waals surface area contributed by atoms with Crippen molar-refractivity contribution in [3.63, 3.8) is 0 Å². The predicted octanol–water partition coefficient (Wildman–Crippen LogP) is 11.3. The molecule has 0 aliphatic heterocycles. The van der Waals surface area contributed by atoms with E-state index in [1.165, 1.54) is 10.1 Å². The molecule has 5 heteroatoms. The van der Waals surface area contributed by atoms with Crippen LogP contribution in [-0.2, 0) is 0 Å². The van der Waals surface area contributed by atoms with Crippen LogP contribution in [0, 0.1) is 0 Å². The largest absolute Gasteiger partial charge is 0.309 e. The van der Waals surface area contributed by atoms with Crippen LogP contribution >= 0.6 is 38.9 Å². The van der Waals surface area contributed by atoms with E-state index in [1.54, 1.807) is 11.3 Å². The molecule has 0 unspecified atom stereocenters. The van der Waals surface area contributed by atoms with Crippen LogP contribution in [-0.4, -0.2) is 0 Å². The lowest BCUT2D eigenvalue weighted by Gasteiger charge is -2.30. The Kier molecular flexibility index (Phi) is 6.71. The summed E-state index contributed by atoms with van der Waals surface area (Å²) in [5, 5.41) is 4.08. The molecule has 1 heterocycles. The van der Waals surface area contributed by atoms with E-state index in [4.69, 9.17) is 11.6 Å². The van der Waals surface area contributed by atoms with Gasteiger partial charge in [0.25, 0.3) is 0 Å². The minimum atomic E-state index is 0.672. The summed E-state index contributed by atoms with van der Waals surface area (Å²) in [5.74, 6) is 0. The first kappa shape index (κ1) is 23.8. The molecule has 0 spiro atoms. The average molecular weight is 582 g/mol. The van der Waals surface area contributed by atoms with Crippen LogP contribution in [0.4, 0.5) is 34.1 Å². The molecule has 6 aromatic rings. The fraction of sp³-hybridized carbons (Fsp3) is 0. The summed E-state index contributed by atoms with van der Waals surface area (Å²) in [7, 11) is 0. The molecule has 0 aliphatic rings. The second-order valence-corrected chi connectivity index (χ2v) is 10.8. The topological polar surface area (TPSA) is 6.48 Å². The Morgan fingerprint density at radius 2 is 1.11 bits per heavy atom. The molecule has 0 radical (unpaired) electrons. The number of anilines is 6. The van der Waals surface area contributed by atoms with Crippen LogP contribution in [0.1, 0.15) is 0 Å². The number of nitrogens with zero attached hydrogens (tertiary/aromatic N) is 2. The predicted molar refractivity (Wildman–Crippen MR) is 164 cm³/mol. The average Bonchev–Trinajstić information content (AvgIpc) is 3.36. The normalized spacial score (nSPS) is 11.0. The Balaban J connectivity index is 1.58. The van der Waals surface area contributed by atoms with E-state index in [1.807, 2.05) is 36.4 Å². The van der Waals surface area contributed by atoms with Crippen LogP contribution in [0.15, 0.2) is 137 Å². The lowest BCUT2D eigenvalue weighted by Crippen LogP contribution is -2.14. The minimum absolute atomic E-state index is 0.672. The molecule has 37 heavy (non-hydrogen) atoms. The first-order valence-electron chi connectivity index (χ1n) is 11.9. The third-order valence-corrected chi connectivity index (χ3v) is 8.07. The number of rotatable bonds is 6. The van der Waals surface area contributed by atoms with Crippen LogP contribution in [0.5, 0.6) is 0 Å². The summed E-state index contributed by atoms with van der Waals surface area (Å²) in [6.45, 7) is 0. The molecule has 0 atom stereocenters. The van der Waals surface area contributed by atoms with Crippen LogP contribution in [0.25, 0.3) is 10.1 Å². The van der Waals surface area contributed by atoms with E-state index in [9.17, 15) is 0 Å². The standard InChI is InChI=1S/C32H22BrClN2S/c33-23-11-9-16-26(21-23)35(24-12-3-1-4-13-24)28-18-10-19-29(32(28)34)36(25-14-5-2-6-15-25)30-22-37-31-20-8-7-17-27(30)31/h1-22H. The van der Waals surface area contributed by atoms with Gasteiger partial charge in [-0.15, -0.1) is 11.3 Å². The van der Waals surface area contributed by atoms with Gasteiger partial charge in [-0.25, -0.2) is 0 Å². The highest BCUT2D eigenvalue weighted by atomic mass is 79.9. The van der Waals surface area contributed by atoms with E-state index < -0.39 is 0 Å². The Morgan fingerprint density at radius 3 is 1.81 bits per heavy atom. The molecule has 0 aliphatic carbocycles. The molecule has 2 nitrogen and oxygen atoms in total. The Bertz CT molecular complexity index is 1670. The van der Waals surface area contributed by atoms with Crippen molar-refractivity contribution in [3.8, 4) is 0 Å². The van der Waals surface area contributed by atoms with E-state index in [-0.39, 0.29) is 0 Å². The third-order valence-electron chi connectivity index (χ3n) is 6.24. The fourth-order valence-corrected chi connectivity index (χ4v) is 6.20. The van der Waals surface area contributed by atoms with Gasteiger partial charge in [0.2, 0.25) is 0 Å². The fourth-order valence-electron chi connectivity index (χ4n) is 4.59. The minimum Gasteiger partial charge on any atom is -0.309 e. The van der Waals surface area contributed by atoms with Crippen molar-refractivity contribution in [2.24, 2.45) is 0 Å². The van der Waals surface area contributed by atoms with Gasteiger partial charge < -0.3 is 9.80 Å². The number of halogens is 2. The zero-order chi connectivity index (χ0) is 25.2. The van der Waals surface area contributed by atoms with Gasteiger partial charge in [-0.2, -0.15) is 0 Å². The maximum Gasteiger partial charge on any atom is 0.0887 e. The lowest BCUT2D eigenvalue weighted by molar-refractivity contribution is 1.26. The molecule has 0 N–H and O–H groups in total. The van der Waals surface area contributed by atoms with Crippen molar-refractivity contribution in [1.82, 2.24) is 0 Å². The summed E-state index contributed by atoms with van der Waals surface area (Å²) >= 11 is 12.8. The third kappa shape index (κ3) is 4.64. The number of para-hydroxylation sites is 2. The van der Waals surface area contributed by atoms with Gasteiger partial charge in [0.1, 0.15) is 0 Å². The van der Waals surface area contributed by atoms with Crippen molar-refractivity contribution in [2.75, 3.05) is 9.80 Å². The number of thiophene rings is 1. The van der Waals surface area contributed by atoms with Gasteiger partial charge in [-0.3, -0.25) is 0 Å². The second kappa shape index (κ2) is 10.4. The monoisotopic (exact) mass is 580 g/mol. The van der Waals surface area contributed by atoms with Gasteiger partial charge in [-0.1, -0.05) is 94.3 Å². The zero-order valence-corrected chi connectivity index (χ0v) is 22.9. The van der Waals surface area contributed by atoms with Crippen molar-refractivity contribution in [1.29, 1.82) is 0 Å². The van der Waals surface area contributed by atoms with E-state index >= 15 is 0 Å². The number of hydrogen-bond donors (Lipinski definition) is 0. The SMILES string of the molecule is Clc1c(N(c2ccccc2)c2cccc(Br)c2)cccc1N(c1ccccc1)c1csc2ccccc12. The molecule has 1 aromatic heterocycles. The molecule has 0 amide bonds. The van der Waals surface area contributed by atoms with Gasteiger partial charge >= 0.3 is 0 Å². The van der Waals surface area contributed by atoms with Crippen molar-refractivity contribution in [2.45, 2.75) is 0 Å². The lowest BCUT2D eigenvalue weighted by atomic mass is 10.1. The molecular formula is C32H22BrClN2S. The van der Waals surface area contributed by atoms with Gasteiger partial charge in [0, 0.05) is 37.0 Å². The second-order valence-electron chi connectivity index (χ2n) is 8.55. The molecular weight excluding hydrogens is 560 g/mol. The Labute approximate surface area is 234 Å². The number of fused-ring (bicyclic) bond motifs is 1. The molecule has 0 saturated carbocycles. The first-order valence-corrected chi connectivity index (χ1v) is 14.0. The smallest absolute Gasteiger partial charge is 0.0887 e. The van der Waals surface area contributed by atoms with Crippen LogP contribution < -0.4 is 9.80 Å². The molecule has 180 valence electrons. The highest BCUT2D eigenvalue weighted by molar-refractivity contribution is 9.10. The summed E-state index contributed by atoms with van der Waals surface area (Å²) in [6.07, 6.45) is 0. The molecule has 0 fully saturated rings. The summed E-state index contributed by atoms with van der Waals surface area (Å²) in [5.41, 5.74) is 6.05. The van der Waals surface area contributed by atoms with Gasteiger partial charge in [0.15, 0.2) is 0 Å². The van der Waals surface area contributed by atoms with E-state index in [0.717, 1.165) is 38.6 Å². The molecule has 6 rings (SSSR count). The molecule has 0 bridgehead atoms. The van der Waals surface area contributed by atoms with Crippen molar-refractivity contribution < 1.29 is 0 Å². The highest BCUT2D eigenvalue weighted by Crippen LogP contribution is 2.48. The van der Waals surface area contributed by atoms with Gasteiger partial charge in [0.05, 0.1) is 22.1 Å². The zero-order valence-electron chi connectivity index (χ0n) is 19.8. The van der Waals surface area contributed by atoms with Crippen molar-refractivity contribution in [3.05, 3.63) is 142 Å². The Morgan fingerprint density at radius 1 is 0.541 bits per heavy atom. The molecule has 0 saturated heterocycles. The summed E-state index contributed by atoms with van der Waals surface area (Å²) in [4.78, 5) is 4.46. The van der Waals surface area contributed by atoms with Crippen LogP contribution in [0.3, 0.4) is 0 Å². The maximum absolute atomic E-state index is 7.36. The highest BCUT2D eigenvalue weighted by Gasteiger charge is 2.23. The van der Waals surface area contributed by atoms with Crippen LogP contribution in [0.2, 0.25) is 5.02 Å². The quantitative estimate of drug-likeness (QED) is 0.193. The number of hydrogen-bond acceptors (Lipinski definition) is 3. The summed E-state index contributed by atoms with van der Waals surface area (Å²) < 4.78 is 2.25. The Hall–Kier alpha value is -3.57. The maximum atomic E-state index is 7.36. The van der Waals surface area contributed by atoms with Gasteiger partial charge in [-0.05, 0) is 60.7 Å². The van der Waals surface area contributed by atoms with E-state index in [0.29, 0.717) is 5.02 Å². The van der Waals surface area contributed by atoms with Crippen molar-refractivity contribution >= 4 is 83.1 Å². The summed E-state index contributed by atoms with van der Waals surface area (Å²) in [6, 6.07) is 43.8. The first-order chi connectivity index (χ1) is 18.2. The number of benzene rings is 5.